The molecule has 0 N–H and O–H groups in total. The summed E-state index contributed by atoms with van der Waals surface area (Å²) in [6, 6.07) is 17.8. The molecule has 0 aliphatic heterocycles. The number of carbonyl (C=O) groups excluding carboxylic acids is 1. The maximum Gasteiger partial charge on any atom is 0.167 e. The Balaban J connectivity index is 2.00. The monoisotopic (exact) mass is 298 g/mol. The summed E-state index contributed by atoms with van der Waals surface area (Å²) in [6.07, 6.45) is 0.0879. The van der Waals surface area contributed by atoms with Gasteiger partial charge in [0.2, 0.25) is 0 Å². The molecule has 0 spiro atoms. The number of fused-ring (bicyclic) bond motifs is 1. The lowest BCUT2D eigenvalue weighted by Gasteiger charge is -2.07. The van der Waals surface area contributed by atoms with E-state index in [2.05, 4.69) is 0 Å². The predicted molar refractivity (Wildman–Crippen MR) is 83.4 cm³/mol. The van der Waals surface area contributed by atoms with Crippen LogP contribution in [0.15, 0.2) is 60.7 Å². The Bertz CT molecular complexity index is 821. The summed E-state index contributed by atoms with van der Waals surface area (Å²) < 4.78 is 13.4. The van der Waals surface area contributed by atoms with E-state index in [4.69, 9.17) is 11.6 Å². The van der Waals surface area contributed by atoms with E-state index in [9.17, 15) is 9.18 Å². The van der Waals surface area contributed by atoms with Crippen LogP contribution in [0, 0.1) is 5.82 Å². The van der Waals surface area contributed by atoms with Crippen LogP contribution in [0.1, 0.15) is 15.9 Å². The van der Waals surface area contributed by atoms with Crippen molar-refractivity contribution in [2.75, 3.05) is 0 Å². The molecule has 3 heteroatoms. The Morgan fingerprint density at radius 1 is 0.952 bits per heavy atom. The van der Waals surface area contributed by atoms with Gasteiger partial charge in [-0.15, -0.1) is 0 Å². The molecule has 3 aromatic carbocycles. The summed E-state index contributed by atoms with van der Waals surface area (Å²) in [4.78, 5) is 12.5. The highest BCUT2D eigenvalue weighted by Crippen LogP contribution is 2.24. The molecule has 0 amide bonds. The van der Waals surface area contributed by atoms with E-state index in [1.54, 1.807) is 18.2 Å². The first-order valence-corrected chi connectivity index (χ1v) is 6.98. The fourth-order valence-electron chi connectivity index (χ4n) is 2.42. The van der Waals surface area contributed by atoms with Crippen LogP contribution in [-0.4, -0.2) is 5.78 Å². The van der Waals surface area contributed by atoms with Crippen molar-refractivity contribution >= 4 is 28.2 Å². The zero-order valence-corrected chi connectivity index (χ0v) is 11.9. The first-order valence-electron chi connectivity index (χ1n) is 6.60. The molecular formula is C18H12ClFO. The highest BCUT2D eigenvalue weighted by atomic mass is 35.5. The smallest absolute Gasteiger partial charge is 0.167 e. The molecule has 3 rings (SSSR count). The lowest BCUT2D eigenvalue weighted by Crippen LogP contribution is -2.05. The van der Waals surface area contributed by atoms with E-state index in [1.165, 1.54) is 6.07 Å². The molecule has 3 aromatic rings. The van der Waals surface area contributed by atoms with Crippen LogP contribution in [-0.2, 0) is 6.42 Å². The number of hydrogen-bond acceptors (Lipinski definition) is 1. The van der Waals surface area contributed by atoms with Gasteiger partial charge in [0.15, 0.2) is 5.78 Å². The van der Waals surface area contributed by atoms with Crippen molar-refractivity contribution in [3.8, 4) is 0 Å². The van der Waals surface area contributed by atoms with E-state index in [0.29, 0.717) is 11.1 Å². The normalized spacial score (nSPS) is 10.8. The van der Waals surface area contributed by atoms with Crippen molar-refractivity contribution in [2.24, 2.45) is 0 Å². The number of hydrogen-bond donors (Lipinski definition) is 0. The molecule has 0 unspecified atom stereocenters. The van der Waals surface area contributed by atoms with E-state index < -0.39 is 5.82 Å². The molecule has 0 saturated carbocycles. The molecule has 0 atom stereocenters. The summed E-state index contributed by atoms with van der Waals surface area (Å²) in [7, 11) is 0. The Kier molecular flexibility index (Phi) is 3.72. The quantitative estimate of drug-likeness (QED) is 0.618. The number of rotatable bonds is 3. The molecule has 0 aliphatic carbocycles. The maximum atomic E-state index is 13.4. The third-order valence-electron chi connectivity index (χ3n) is 3.47. The van der Waals surface area contributed by atoms with Crippen molar-refractivity contribution in [3.05, 3.63) is 82.6 Å². The molecule has 1 nitrogen and oxygen atoms in total. The lowest BCUT2D eigenvalue weighted by molar-refractivity contribution is 0.0994. The van der Waals surface area contributed by atoms with Gasteiger partial charge in [0.25, 0.3) is 0 Å². The minimum Gasteiger partial charge on any atom is -0.294 e. The van der Waals surface area contributed by atoms with Gasteiger partial charge in [-0.3, -0.25) is 4.79 Å². The standard InChI is InChI=1S/C18H12ClFO/c19-18-13(7-4-10-16(18)20)11-17(21)15-9-3-6-12-5-1-2-8-14(12)15/h1-10H,11H2. The summed E-state index contributed by atoms with van der Waals surface area (Å²) in [5, 5.41) is 1.93. The minimum absolute atomic E-state index is 0.0195. The minimum atomic E-state index is -0.500. The summed E-state index contributed by atoms with van der Waals surface area (Å²) in [6.45, 7) is 0. The van der Waals surface area contributed by atoms with Gasteiger partial charge in [0.1, 0.15) is 5.82 Å². The number of ketones is 1. The lowest BCUT2D eigenvalue weighted by atomic mass is 9.97. The molecule has 0 radical (unpaired) electrons. The molecular weight excluding hydrogens is 287 g/mol. The Labute approximate surface area is 127 Å². The van der Waals surface area contributed by atoms with E-state index >= 15 is 0 Å². The topological polar surface area (TPSA) is 17.1 Å². The Morgan fingerprint density at radius 3 is 2.52 bits per heavy atom. The van der Waals surface area contributed by atoms with Crippen LogP contribution < -0.4 is 0 Å². The van der Waals surface area contributed by atoms with Crippen LogP contribution in [0.2, 0.25) is 5.02 Å². The molecule has 104 valence electrons. The fraction of sp³-hybridized carbons (Fsp3) is 0.0556. The molecule has 0 aliphatic rings. The van der Waals surface area contributed by atoms with E-state index in [-0.39, 0.29) is 17.2 Å². The molecule has 0 heterocycles. The largest absolute Gasteiger partial charge is 0.294 e. The molecule has 0 fully saturated rings. The Morgan fingerprint density at radius 2 is 1.67 bits per heavy atom. The average molecular weight is 299 g/mol. The van der Waals surface area contributed by atoms with Crippen molar-refractivity contribution in [1.29, 1.82) is 0 Å². The summed E-state index contributed by atoms with van der Waals surface area (Å²) >= 11 is 5.92. The number of Topliss-reactive ketones (excluding diaryl/α,β-unsaturated/α-hetero) is 1. The number of carbonyl (C=O) groups is 1. The van der Waals surface area contributed by atoms with Gasteiger partial charge in [0.05, 0.1) is 5.02 Å². The van der Waals surface area contributed by atoms with Gasteiger partial charge in [-0.25, -0.2) is 4.39 Å². The van der Waals surface area contributed by atoms with Gasteiger partial charge in [-0.1, -0.05) is 66.2 Å². The fourth-order valence-corrected chi connectivity index (χ4v) is 2.61. The zero-order chi connectivity index (χ0) is 14.8. The molecule has 0 saturated heterocycles. The van der Waals surface area contributed by atoms with E-state index in [1.807, 2.05) is 36.4 Å². The average Bonchev–Trinajstić information content (AvgIpc) is 2.51. The van der Waals surface area contributed by atoms with Gasteiger partial charge >= 0.3 is 0 Å². The van der Waals surface area contributed by atoms with Crippen molar-refractivity contribution in [2.45, 2.75) is 6.42 Å². The maximum absolute atomic E-state index is 13.4. The predicted octanol–water partition coefficient (Wildman–Crippen LogP) is 5.06. The number of benzene rings is 3. The van der Waals surface area contributed by atoms with Gasteiger partial charge in [-0.2, -0.15) is 0 Å². The highest BCUT2D eigenvalue weighted by Gasteiger charge is 2.14. The Hall–Kier alpha value is -2.19. The highest BCUT2D eigenvalue weighted by molar-refractivity contribution is 6.31. The summed E-state index contributed by atoms with van der Waals surface area (Å²) in [5.74, 6) is -0.570. The van der Waals surface area contributed by atoms with Crippen LogP contribution >= 0.6 is 11.6 Å². The second-order valence-electron chi connectivity index (χ2n) is 4.84. The van der Waals surface area contributed by atoms with Crippen molar-refractivity contribution < 1.29 is 9.18 Å². The van der Waals surface area contributed by atoms with Gasteiger partial charge in [-0.05, 0) is 22.4 Å². The molecule has 0 aromatic heterocycles. The van der Waals surface area contributed by atoms with Crippen LogP contribution in [0.5, 0.6) is 0 Å². The SMILES string of the molecule is O=C(Cc1cccc(F)c1Cl)c1cccc2ccccc12. The molecule has 21 heavy (non-hydrogen) atoms. The zero-order valence-electron chi connectivity index (χ0n) is 11.1. The van der Waals surface area contributed by atoms with Crippen molar-refractivity contribution in [1.82, 2.24) is 0 Å². The summed E-state index contributed by atoms with van der Waals surface area (Å²) in [5.41, 5.74) is 1.14. The third kappa shape index (κ3) is 2.67. The van der Waals surface area contributed by atoms with Gasteiger partial charge < -0.3 is 0 Å². The van der Waals surface area contributed by atoms with Gasteiger partial charge in [0, 0.05) is 12.0 Å². The molecule has 0 bridgehead atoms. The third-order valence-corrected chi connectivity index (χ3v) is 3.90. The second kappa shape index (κ2) is 5.66. The van der Waals surface area contributed by atoms with Crippen LogP contribution in [0.25, 0.3) is 10.8 Å². The van der Waals surface area contributed by atoms with Crippen LogP contribution in [0.4, 0.5) is 4.39 Å². The van der Waals surface area contributed by atoms with Crippen LogP contribution in [0.3, 0.4) is 0 Å². The number of halogens is 2. The van der Waals surface area contributed by atoms with Crippen molar-refractivity contribution in [3.63, 3.8) is 0 Å². The second-order valence-corrected chi connectivity index (χ2v) is 5.22. The van der Waals surface area contributed by atoms with E-state index in [0.717, 1.165) is 10.8 Å². The first-order chi connectivity index (χ1) is 10.2. The first kappa shape index (κ1) is 13.8.